The van der Waals surface area contributed by atoms with Gasteiger partial charge in [0, 0.05) is 24.2 Å². The monoisotopic (exact) mass is 260 g/mol. The quantitative estimate of drug-likeness (QED) is 0.888. The molecular formula is C15H20N2S. The maximum atomic E-state index is 4.41. The van der Waals surface area contributed by atoms with Gasteiger partial charge in [-0.1, -0.05) is 25.1 Å². The van der Waals surface area contributed by atoms with Crippen LogP contribution in [-0.4, -0.2) is 4.98 Å². The molecule has 2 rings (SSSR count). The molecular weight excluding hydrogens is 240 g/mol. The highest BCUT2D eigenvalue weighted by molar-refractivity contribution is 7.11. The Labute approximate surface area is 113 Å². The van der Waals surface area contributed by atoms with Crippen LogP contribution >= 0.6 is 11.3 Å². The molecule has 1 heterocycles. The Morgan fingerprint density at radius 2 is 2.00 bits per heavy atom. The van der Waals surface area contributed by atoms with Gasteiger partial charge in [0.25, 0.3) is 0 Å². The van der Waals surface area contributed by atoms with Crippen LogP contribution in [0.2, 0.25) is 0 Å². The smallest absolute Gasteiger partial charge is 0.107 e. The second kappa shape index (κ2) is 6.12. The third kappa shape index (κ3) is 3.40. The van der Waals surface area contributed by atoms with Gasteiger partial charge >= 0.3 is 0 Å². The molecule has 1 aromatic heterocycles. The van der Waals surface area contributed by atoms with Crippen LogP contribution in [0.4, 0.5) is 0 Å². The molecule has 0 aliphatic rings. The van der Waals surface area contributed by atoms with Gasteiger partial charge in [-0.05, 0) is 37.0 Å². The van der Waals surface area contributed by atoms with Crippen LogP contribution in [0.1, 0.15) is 33.5 Å². The number of nitrogens with one attached hydrogen (secondary N) is 1. The van der Waals surface area contributed by atoms with Gasteiger partial charge in [-0.25, -0.2) is 4.98 Å². The standard InChI is InChI=1S/C15H20N2S/c1-4-14-9-17-15(18-14)10-16-8-13-6-5-11(2)12(3)7-13/h5-7,9,16H,4,8,10H2,1-3H3. The molecule has 0 saturated heterocycles. The van der Waals surface area contributed by atoms with E-state index in [0.29, 0.717) is 0 Å². The van der Waals surface area contributed by atoms with Crippen LogP contribution < -0.4 is 5.32 Å². The summed E-state index contributed by atoms with van der Waals surface area (Å²) in [5.74, 6) is 0. The zero-order chi connectivity index (χ0) is 13.0. The number of aromatic nitrogens is 1. The lowest BCUT2D eigenvalue weighted by atomic mass is 10.1. The Morgan fingerprint density at radius 1 is 1.17 bits per heavy atom. The summed E-state index contributed by atoms with van der Waals surface area (Å²) in [6.07, 6.45) is 3.06. The second-order valence-electron chi connectivity index (χ2n) is 4.60. The number of thiazole rings is 1. The minimum Gasteiger partial charge on any atom is -0.306 e. The molecule has 0 radical (unpaired) electrons. The van der Waals surface area contributed by atoms with Crippen molar-refractivity contribution in [2.45, 2.75) is 40.3 Å². The average molecular weight is 260 g/mol. The second-order valence-corrected chi connectivity index (χ2v) is 5.80. The van der Waals surface area contributed by atoms with E-state index in [2.05, 4.69) is 49.3 Å². The Balaban J connectivity index is 1.86. The van der Waals surface area contributed by atoms with Crippen LogP contribution in [-0.2, 0) is 19.5 Å². The molecule has 0 aliphatic heterocycles. The molecule has 0 aliphatic carbocycles. The van der Waals surface area contributed by atoms with Crippen molar-refractivity contribution >= 4 is 11.3 Å². The van der Waals surface area contributed by atoms with E-state index in [1.807, 2.05) is 6.20 Å². The van der Waals surface area contributed by atoms with Crippen molar-refractivity contribution in [2.75, 3.05) is 0 Å². The third-order valence-corrected chi connectivity index (χ3v) is 4.27. The van der Waals surface area contributed by atoms with Gasteiger partial charge in [0.2, 0.25) is 0 Å². The number of rotatable bonds is 5. The van der Waals surface area contributed by atoms with E-state index in [1.54, 1.807) is 11.3 Å². The number of nitrogens with zero attached hydrogens (tertiary/aromatic N) is 1. The van der Waals surface area contributed by atoms with Gasteiger partial charge in [0.05, 0.1) is 0 Å². The largest absolute Gasteiger partial charge is 0.306 e. The zero-order valence-electron chi connectivity index (χ0n) is 11.3. The van der Waals surface area contributed by atoms with Crippen molar-refractivity contribution in [3.63, 3.8) is 0 Å². The maximum absolute atomic E-state index is 4.41. The first kappa shape index (κ1) is 13.2. The first-order chi connectivity index (χ1) is 8.69. The Kier molecular flexibility index (Phi) is 4.50. The first-order valence-corrected chi connectivity index (χ1v) is 7.21. The normalized spacial score (nSPS) is 10.8. The molecule has 1 aromatic carbocycles. The number of hydrogen-bond donors (Lipinski definition) is 1. The Hall–Kier alpha value is -1.19. The summed E-state index contributed by atoms with van der Waals surface area (Å²) in [4.78, 5) is 5.77. The van der Waals surface area contributed by atoms with Gasteiger partial charge < -0.3 is 5.32 Å². The highest BCUT2D eigenvalue weighted by atomic mass is 32.1. The molecule has 0 bridgehead atoms. The molecule has 3 heteroatoms. The molecule has 0 unspecified atom stereocenters. The van der Waals surface area contributed by atoms with E-state index in [4.69, 9.17) is 0 Å². The molecule has 0 saturated carbocycles. The number of benzene rings is 1. The van der Waals surface area contributed by atoms with Crippen LogP contribution in [0.5, 0.6) is 0 Å². The Morgan fingerprint density at radius 3 is 2.67 bits per heavy atom. The van der Waals surface area contributed by atoms with Crippen molar-refractivity contribution in [1.29, 1.82) is 0 Å². The molecule has 0 amide bonds. The summed E-state index contributed by atoms with van der Waals surface area (Å²) in [5.41, 5.74) is 4.05. The minimum atomic E-state index is 0.859. The van der Waals surface area contributed by atoms with Gasteiger partial charge in [0.15, 0.2) is 0 Å². The number of aryl methyl sites for hydroxylation is 3. The fraction of sp³-hybridized carbons (Fsp3) is 0.400. The van der Waals surface area contributed by atoms with Crippen molar-refractivity contribution in [1.82, 2.24) is 10.3 Å². The van der Waals surface area contributed by atoms with Crippen LogP contribution in [0.25, 0.3) is 0 Å². The van der Waals surface area contributed by atoms with Crippen LogP contribution in [0.3, 0.4) is 0 Å². The predicted molar refractivity (Wildman–Crippen MR) is 78.0 cm³/mol. The van der Waals surface area contributed by atoms with Gasteiger partial charge in [0.1, 0.15) is 5.01 Å². The molecule has 2 aromatic rings. The lowest BCUT2D eigenvalue weighted by Gasteiger charge is -2.06. The maximum Gasteiger partial charge on any atom is 0.107 e. The zero-order valence-corrected chi connectivity index (χ0v) is 12.1. The third-order valence-electron chi connectivity index (χ3n) is 3.13. The van der Waals surface area contributed by atoms with Crippen molar-refractivity contribution in [2.24, 2.45) is 0 Å². The molecule has 0 fully saturated rings. The fourth-order valence-corrected chi connectivity index (χ4v) is 2.65. The van der Waals surface area contributed by atoms with Gasteiger partial charge in [-0.2, -0.15) is 0 Å². The highest BCUT2D eigenvalue weighted by Crippen LogP contribution is 2.13. The predicted octanol–water partition coefficient (Wildman–Crippen LogP) is 3.61. The Bertz CT molecular complexity index is 517. The SMILES string of the molecule is CCc1cnc(CNCc2ccc(C)c(C)c2)s1. The fourth-order valence-electron chi connectivity index (χ4n) is 1.82. The number of hydrogen-bond acceptors (Lipinski definition) is 3. The molecule has 96 valence electrons. The lowest BCUT2D eigenvalue weighted by molar-refractivity contribution is 0.689. The lowest BCUT2D eigenvalue weighted by Crippen LogP contribution is -2.12. The summed E-state index contributed by atoms with van der Waals surface area (Å²) in [6.45, 7) is 8.24. The van der Waals surface area contributed by atoms with Crippen LogP contribution in [0.15, 0.2) is 24.4 Å². The van der Waals surface area contributed by atoms with Crippen molar-refractivity contribution in [3.05, 3.63) is 51.0 Å². The van der Waals surface area contributed by atoms with E-state index in [9.17, 15) is 0 Å². The van der Waals surface area contributed by atoms with E-state index in [0.717, 1.165) is 19.5 Å². The summed E-state index contributed by atoms with van der Waals surface area (Å²) in [6, 6.07) is 6.63. The summed E-state index contributed by atoms with van der Waals surface area (Å²) in [7, 11) is 0. The molecule has 0 spiro atoms. The van der Waals surface area contributed by atoms with E-state index >= 15 is 0 Å². The van der Waals surface area contributed by atoms with E-state index < -0.39 is 0 Å². The average Bonchev–Trinajstić information content (AvgIpc) is 2.82. The summed E-state index contributed by atoms with van der Waals surface area (Å²) >= 11 is 1.80. The van der Waals surface area contributed by atoms with Crippen LogP contribution in [0, 0.1) is 13.8 Å². The molecule has 1 N–H and O–H groups in total. The topological polar surface area (TPSA) is 24.9 Å². The molecule has 2 nitrogen and oxygen atoms in total. The van der Waals surface area contributed by atoms with Crippen molar-refractivity contribution in [3.8, 4) is 0 Å². The molecule has 0 atom stereocenters. The first-order valence-electron chi connectivity index (χ1n) is 6.39. The minimum absolute atomic E-state index is 0.859. The van der Waals surface area contributed by atoms with Gasteiger partial charge in [-0.3, -0.25) is 0 Å². The van der Waals surface area contributed by atoms with Crippen molar-refractivity contribution < 1.29 is 0 Å². The van der Waals surface area contributed by atoms with E-state index in [1.165, 1.54) is 26.6 Å². The molecule has 18 heavy (non-hydrogen) atoms. The van der Waals surface area contributed by atoms with E-state index in [-0.39, 0.29) is 0 Å². The summed E-state index contributed by atoms with van der Waals surface area (Å²) in [5, 5.41) is 4.63. The highest BCUT2D eigenvalue weighted by Gasteiger charge is 2.01. The summed E-state index contributed by atoms with van der Waals surface area (Å²) < 4.78 is 0. The van der Waals surface area contributed by atoms with Gasteiger partial charge in [-0.15, -0.1) is 11.3 Å².